The second-order valence-corrected chi connectivity index (χ2v) is 8.65. The molecule has 31 heavy (non-hydrogen) atoms. The molecule has 3 nitrogen and oxygen atoms in total. The lowest BCUT2D eigenvalue weighted by Gasteiger charge is -2.17. The first kappa shape index (κ1) is 21.6. The number of nitrogens with one attached hydrogen (secondary N) is 1. The molecular weight excluding hydrogens is 421 g/mol. The number of rotatable bonds is 6. The number of hydrogen-bond donors (Lipinski definition) is 1. The molecule has 3 aromatic rings. The van der Waals surface area contributed by atoms with Crippen molar-refractivity contribution in [2.45, 2.75) is 31.6 Å². The molecule has 7 heteroatoms. The highest BCUT2D eigenvalue weighted by molar-refractivity contribution is 7.08. The van der Waals surface area contributed by atoms with Crippen LogP contribution in [0, 0.1) is 0 Å². The number of hydrogen-bond acceptors (Lipinski definition) is 3. The number of alkyl halides is 3. The summed E-state index contributed by atoms with van der Waals surface area (Å²) in [5.74, 6) is -0.160. The second kappa shape index (κ2) is 9.24. The summed E-state index contributed by atoms with van der Waals surface area (Å²) in [4.78, 5) is 14.6. The zero-order valence-electron chi connectivity index (χ0n) is 16.9. The zero-order chi connectivity index (χ0) is 21.8. The summed E-state index contributed by atoms with van der Waals surface area (Å²) in [6.07, 6.45) is -3.41. The number of nitrogens with zero attached hydrogens (tertiary/aromatic N) is 1. The zero-order valence-corrected chi connectivity index (χ0v) is 17.7. The molecule has 2 heterocycles. The Kier molecular flexibility index (Phi) is 6.43. The number of benzene rings is 2. The third kappa shape index (κ3) is 5.74. The highest BCUT2D eigenvalue weighted by Crippen LogP contribution is 2.29. The van der Waals surface area contributed by atoms with Gasteiger partial charge in [0.15, 0.2) is 0 Å². The molecule has 0 spiro atoms. The van der Waals surface area contributed by atoms with Crippen LogP contribution in [-0.2, 0) is 23.9 Å². The van der Waals surface area contributed by atoms with Crippen LogP contribution in [0.3, 0.4) is 0 Å². The van der Waals surface area contributed by atoms with Gasteiger partial charge < -0.3 is 5.32 Å². The maximum absolute atomic E-state index is 12.6. The van der Waals surface area contributed by atoms with E-state index in [0.29, 0.717) is 5.56 Å². The van der Waals surface area contributed by atoms with E-state index < -0.39 is 11.7 Å². The topological polar surface area (TPSA) is 32.3 Å². The van der Waals surface area contributed by atoms with Gasteiger partial charge in [0, 0.05) is 25.7 Å². The van der Waals surface area contributed by atoms with E-state index in [9.17, 15) is 18.0 Å². The Hall–Kier alpha value is -2.64. The molecule has 1 fully saturated rings. The average Bonchev–Trinajstić information content (AvgIpc) is 3.41. The normalized spacial score (nSPS) is 17.1. The summed E-state index contributed by atoms with van der Waals surface area (Å²) in [5.41, 5.74) is 3.54. The van der Waals surface area contributed by atoms with Crippen molar-refractivity contribution in [2.24, 2.45) is 0 Å². The lowest BCUT2D eigenvalue weighted by atomic mass is 10.1. The highest BCUT2D eigenvalue weighted by Gasteiger charge is 2.30. The van der Waals surface area contributed by atoms with Gasteiger partial charge in [0.2, 0.25) is 5.91 Å². The van der Waals surface area contributed by atoms with Gasteiger partial charge in [-0.2, -0.15) is 24.5 Å². The van der Waals surface area contributed by atoms with E-state index in [1.54, 1.807) is 11.3 Å². The van der Waals surface area contributed by atoms with Gasteiger partial charge in [-0.3, -0.25) is 9.69 Å². The summed E-state index contributed by atoms with van der Waals surface area (Å²) in [6, 6.07) is 15.5. The third-order valence-corrected chi connectivity index (χ3v) is 6.18. The van der Waals surface area contributed by atoms with Crippen molar-refractivity contribution < 1.29 is 18.0 Å². The number of amides is 1. The van der Waals surface area contributed by atoms with Crippen LogP contribution < -0.4 is 5.32 Å². The van der Waals surface area contributed by atoms with E-state index >= 15 is 0 Å². The highest BCUT2D eigenvalue weighted by atomic mass is 32.1. The minimum Gasteiger partial charge on any atom is -0.352 e. The Morgan fingerprint density at radius 2 is 1.71 bits per heavy atom. The molecule has 1 aliphatic rings. The van der Waals surface area contributed by atoms with Gasteiger partial charge in [-0.05, 0) is 57.6 Å². The first-order chi connectivity index (χ1) is 14.9. The number of halogens is 3. The minimum atomic E-state index is -4.36. The Morgan fingerprint density at radius 1 is 1.00 bits per heavy atom. The van der Waals surface area contributed by atoms with Crippen LogP contribution in [0.1, 0.15) is 23.1 Å². The molecule has 1 N–H and O–H groups in total. The molecule has 4 rings (SSSR count). The van der Waals surface area contributed by atoms with E-state index in [2.05, 4.69) is 51.3 Å². The van der Waals surface area contributed by atoms with Gasteiger partial charge in [0.05, 0.1) is 12.0 Å². The number of likely N-dealkylation sites (tertiary alicyclic amines) is 1. The Bertz CT molecular complexity index is 999. The standard InChI is InChI=1S/C24H23F3N2OS/c25-24(26,27)21-7-3-17(4-8-21)13-23(30)28-22-9-11-29(15-22)14-18-1-5-19(6-2-18)20-10-12-31-16-20/h1-8,10,12,16,22H,9,11,13-15H2,(H,28,30). The van der Waals surface area contributed by atoms with Crippen molar-refractivity contribution in [1.82, 2.24) is 10.2 Å². The molecule has 1 aromatic heterocycles. The maximum Gasteiger partial charge on any atom is 0.416 e. The molecule has 1 amide bonds. The van der Waals surface area contributed by atoms with Gasteiger partial charge >= 0.3 is 6.18 Å². The lowest BCUT2D eigenvalue weighted by Crippen LogP contribution is -2.37. The summed E-state index contributed by atoms with van der Waals surface area (Å²) >= 11 is 1.68. The third-order valence-electron chi connectivity index (χ3n) is 5.50. The van der Waals surface area contributed by atoms with E-state index in [1.165, 1.54) is 28.8 Å². The fourth-order valence-corrected chi connectivity index (χ4v) is 4.52. The number of carbonyl (C=O) groups is 1. The van der Waals surface area contributed by atoms with Crippen molar-refractivity contribution in [2.75, 3.05) is 13.1 Å². The molecule has 0 saturated carbocycles. The van der Waals surface area contributed by atoms with E-state index in [1.807, 2.05) is 0 Å². The molecule has 0 bridgehead atoms. The van der Waals surface area contributed by atoms with Gasteiger partial charge in [0.25, 0.3) is 0 Å². The fraction of sp³-hybridized carbons (Fsp3) is 0.292. The molecule has 162 valence electrons. The van der Waals surface area contributed by atoms with Gasteiger partial charge in [-0.1, -0.05) is 36.4 Å². The molecular formula is C24H23F3N2OS. The van der Waals surface area contributed by atoms with Crippen LogP contribution in [-0.4, -0.2) is 29.9 Å². The van der Waals surface area contributed by atoms with E-state index in [4.69, 9.17) is 0 Å². The summed E-state index contributed by atoms with van der Waals surface area (Å²) in [5, 5.41) is 7.22. The van der Waals surface area contributed by atoms with Crippen molar-refractivity contribution >= 4 is 17.2 Å². The van der Waals surface area contributed by atoms with Crippen LogP contribution >= 0.6 is 11.3 Å². The molecule has 1 unspecified atom stereocenters. The molecule has 1 saturated heterocycles. The average molecular weight is 445 g/mol. The molecule has 0 radical (unpaired) electrons. The Morgan fingerprint density at radius 3 is 2.35 bits per heavy atom. The van der Waals surface area contributed by atoms with Crippen molar-refractivity contribution in [1.29, 1.82) is 0 Å². The van der Waals surface area contributed by atoms with Gasteiger partial charge in [-0.15, -0.1) is 0 Å². The SMILES string of the molecule is O=C(Cc1ccc(C(F)(F)F)cc1)NC1CCN(Cc2ccc(-c3ccsc3)cc2)C1. The summed E-state index contributed by atoms with van der Waals surface area (Å²) in [6.45, 7) is 2.50. The predicted molar refractivity (Wildman–Crippen MR) is 117 cm³/mol. The summed E-state index contributed by atoms with van der Waals surface area (Å²) < 4.78 is 37.9. The molecule has 1 atom stereocenters. The Balaban J connectivity index is 1.25. The van der Waals surface area contributed by atoms with E-state index in [0.717, 1.165) is 38.2 Å². The monoisotopic (exact) mass is 444 g/mol. The number of carbonyl (C=O) groups excluding carboxylic acids is 1. The summed E-state index contributed by atoms with van der Waals surface area (Å²) in [7, 11) is 0. The fourth-order valence-electron chi connectivity index (χ4n) is 3.86. The van der Waals surface area contributed by atoms with Crippen molar-refractivity contribution in [3.63, 3.8) is 0 Å². The van der Waals surface area contributed by atoms with E-state index in [-0.39, 0.29) is 18.4 Å². The second-order valence-electron chi connectivity index (χ2n) is 7.87. The lowest BCUT2D eigenvalue weighted by molar-refractivity contribution is -0.137. The smallest absolute Gasteiger partial charge is 0.352 e. The van der Waals surface area contributed by atoms with Gasteiger partial charge in [-0.25, -0.2) is 0 Å². The molecule has 1 aliphatic heterocycles. The van der Waals surface area contributed by atoms with Crippen LogP contribution in [0.4, 0.5) is 13.2 Å². The van der Waals surface area contributed by atoms with Crippen molar-refractivity contribution in [3.05, 3.63) is 82.0 Å². The first-order valence-electron chi connectivity index (χ1n) is 10.2. The largest absolute Gasteiger partial charge is 0.416 e. The van der Waals surface area contributed by atoms with Crippen LogP contribution in [0.5, 0.6) is 0 Å². The van der Waals surface area contributed by atoms with Crippen molar-refractivity contribution in [3.8, 4) is 11.1 Å². The molecule has 0 aliphatic carbocycles. The Labute approximate surface area is 183 Å². The van der Waals surface area contributed by atoms with Crippen LogP contribution in [0.25, 0.3) is 11.1 Å². The quantitative estimate of drug-likeness (QED) is 0.555. The minimum absolute atomic E-state index is 0.0621. The van der Waals surface area contributed by atoms with Crippen LogP contribution in [0.2, 0.25) is 0 Å². The molecule has 2 aromatic carbocycles. The maximum atomic E-state index is 12.6. The van der Waals surface area contributed by atoms with Gasteiger partial charge in [0.1, 0.15) is 0 Å². The van der Waals surface area contributed by atoms with Crippen LogP contribution in [0.15, 0.2) is 65.4 Å². The number of thiophene rings is 1. The predicted octanol–water partition coefficient (Wildman–Crippen LogP) is 5.37. The first-order valence-corrected chi connectivity index (χ1v) is 11.1.